The topological polar surface area (TPSA) is 184 Å². The third-order valence-electron chi connectivity index (χ3n) is 5.80. The van der Waals surface area contributed by atoms with Crippen LogP contribution in [0, 0.1) is 5.41 Å². The highest BCUT2D eigenvalue weighted by Gasteiger charge is 2.49. The van der Waals surface area contributed by atoms with E-state index < -0.39 is 41.7 Å². The third kappa shape index (κ3) is 9.66. The van der Waals surface area contributed by atoms with Crippen LogP contribution in [0.1, 0.15) is 55.6 Å². The van der Waals surface area contributed by atoms with Gasteiger partial charge in [0.05, 0.1) is 25.4 Å². The Kier molecular flexibility index (Phi) is 12.8. The monoisotopic (exact) mass is 593 g/mol. The Labute approximate surface area is 249 Å². The molecule has 0 saturated heterocycles. The number of amidine groups is 1. The molecule has 2 aromatic rings. The fraction of sp³-hybridized carbons (Fsp3) is 0.290. The Morgan fingerprint density at radius 2 is 1.37 bits per heavy atom. The van der Waals surface area contributed by atoms with E-state index in [1.165, 1.54) is 43.3 Å². The normalized spacial score (nSPS) is 11.4. The lowest BCUT2D eigenvalue weighted by atomic mass is 9.93. The first-order valence-corrected chi connectivity index (χ1v) is 13.4. The maximum Gasteiger partial charge on any atom is 0.344 e. The number of ether oxygens (including phenoxy) is 4. The van der Waals surface area contributed by atoms with Crippen molar-refractivity contribution >= 4 is 41.7 Å². The molecular formula is C31H35N3O9. The van der Waals surface area contributed by atoms with Crippen LogP contribution in [0.5, 0.6) is 5.75 Å². The summed E-state index contributed by atoms with van der Waals surface area (Å²) in [6, 6.07) is 12.3. The van der Waals surface area contributed by atoms with Crippen LogP contribution in [-0.2, 0) is 33.4 Å². The average molecular weight is 594 g/mol. The molecule has 0 heterocycles. The van der Waals surface area contributed by atoms with Gasteiger partial charge < -0.3 is 30.0 Å². The van der Waals surface area contributed by atoms with Crippen LogP contribution in [0.4, 0.5) is 0 Å². The third-order valence-corrected chi connectivity index (χ3v) is 5.80. The number of rotatable bonds is 14. The van der Waals surface area contributed by atoms with Crippen LogP contribution in [0.2, 0.25) is 0 Å². The molecule has 0 radical (unpaired) electrons. The second-order valence-electron chi connectivity index (χ2n) is 8.94. The summed E-state index contributed by atoms with van der Waals surface area (Å²) >= 11 is 0. The Morgan fingerprint density at radius 3 is 1.88 bits per heavy atom. The summed E-state index contributed by atoms with van der Waals surface area (Å²) in [5.41, 5.74) is 4.55. The van der Waals surface area contributed by atoms with Crippen LogP contribution in [0.25, 0.3) is 6.08 Å². The molecule has 0 bridgehead atoms. The second kappa shape index (κ2) is 16.2. The number of benzene rings is 2. The molecule has 1 amide bonds. The first kappa shape index (κ1) is 33.9. The maximum atomic E-state index is 13.2. The average Bonchev–Trinajstić information content (AvgIpc) is 2.97. The van der Waals surface area contributed by atoms with E-state index in [1.807, 2.05) is 0 Å². The van der Waals surface area contributed by atoms with E-state index in [9.17, 15) is 24.0 Å². The van der Waals surface area contributed by atoms with Crippen molar-refractivity contribution in [2.24, 2.45) is 5.73 Å². The molecule has 0 aliphatic carbocycles. The predicted molar refractivity (Wildman–Crippen MR) is 157 cm³/mol. The number of nitrogens with one attached hydrogen (secondary N) is 2. The van der Waals surface area contributed by atoms with Crippen LogP contribution < -0.4 is 15.8 Å². The minimum Gasteiger partial charge on any atom is -0.464 e. The summed E-state index contributed by atoms with van der Waals surface area (Å²) in [5, 5.41) is 9.86. The van der Waals surface area contributed by atoms with Crippen LogP contribution in [-0.4, -0.2) is 61.0 Å². The number of esters is 4. The SMILES string of the molecule is CCOC(=O)/C=C/CC(NC(=O)/C(C)=C/c1ccc(C(=O)Oc2ccc(C(=N)N)cc2)cc1)(C(=O)OCC)C(=O)OCC. The minimum atomic E-state index is -2.27. The molecule has 0 spiro atoms. The number of hydrogen-bond donors (Lipinski definition) is 3. The lowest BCUT2D eigenvalue weighted by Gasteiger charge is -2.29. The molecule has 0 aliphatic rings. The summed E-state index contributed by atoms with van der Waals surface area (Å²) in [7, 11) is 0. The highest BCUT2D eigenvalue weighted by atomic mass is 16.6. The van der Waals surface area contributed by atoms with Crippen molar-refractivity contribution in [3.8, 4) is 5.75 Å². The van der Waals surface area contributed by atoms with E-state index in [0.717, 1.165) is 6.08 Å². The summed E-state index contributed by atoms with van der Waals surface area (Å²) in [4.78, 5) is 63.5. The minimum absolute atomic E-state index is 0.0786. The highest BCUT2D eigenvalue weighted by Crippen LogP contribution is 2.20. The summed E-state index contributed by atoms with van der Waals surface area (Å²) in [6.45, 7) is 6.15. The van der Waals surface area contributed by atoms with E-state index in [0.29, 0.717) is 11.1 Å². The van der Waals surface area contributed by atoms with E-state index in [2.05, 4.69) is 5.32 Å². The van der Waals surface area contributed by atoms with E-state index in [1.54, 1.807) is 45.0 Å². The molecule has 2 rings (SSSR count). The van der Waals surface area contributed by atoms with Crippen molar-refractivity contribution in [2.75, 3.05) is 19.8 Å². The summed E-state index contributed by atoms with van der Waals surface area (Å²) < 4.78 is 20.4. The van der Waals surface area contributed by atoms with Crippen molar-refractivity contribution in [3.63, 3.8) is 0 Å². The quantitative estimate of drug-likeness (QED) is 0.0559. The van der Waals surface area contributed by atoms with Gasteiger partial charge in [0.2, 0.25) is 11.4 Å². The van der Waals surface area contributed by atoms with Crippen molar-refractivity contribution in [3.05, 3.63) is 82.9 Å². The summed E-state index contributed by atoms with van der Waals surface area (Å²) in [6.07, 6.45) is 3.32. The molecule has 12 nitrogen and oxygen atoms in total. The van der Waals surface area contributed by atoms with Crippen molar-refractivity contribution in [1.82, 2.24) is 5.32 Å². The van der Waals surface area contributed by atoms with Crippen molar-refractivity contribution < 1.29 is 42.9 Å². The zero-order chi connectivity index (χ0) is 32.0. The van der Waals surface area contributed by atoms with Gasteiger partial charge in [-0.15, -0.1) is 0 Å². The van der Waals surface area contributed by atoms with E-state index in [4.69, 9.17) is 30.1 Å². The van der Waals surface area contributed by atoms with E-state index in [-0.39, 0.29) is 42.5 Å². The lowest BCUT2D eigenvalue weighted by molar-refractivity contribution is -0.167. The molecule has 43 heavy (non-hydrogen) atoms. The van der Waals surface area contributed by atoms with Gasteiger partial charge in [0.1, 0.15) is 11.6 Å². The Bertz CT molecular complexity index is 1380. The molecule has 4 N–H and O–H groups in total. The smallest absolute Gasteiger partial charge is 0.344 e. The molecule has 0 atom stereocenters. The molecule has 0 aromatic heterocycles. The van der Waals surface area contributed by atoms with Gasteiger partial charge in [-0.3, -0.25) is 10.2 Å². The van der Waals surface area contributed by atoms with Gasteiger partial charge in [-0.1, -0.05) is 18.2 Å². The van der Waals surface area contributed by atoms with E-state index >= 15 is 0 Å². The first-order valence-electron chi connectivity index (χ1n) is 13.4. The molecular weight excluding hydrogens is 558 g/mol. The largest absolute Gasteiger partial charge is 0.464 e. The first-order chi connectivity index (χ1) is 20.5. The van der Waals surface area contributed by atoms with Gasteiger partial charge >= 0.3 is 23.9 Å². The number of hydrogen-bond acceptors (Lipinski definition) is 10. The molecule has 0 aliphatic heterocycles. The number of nitrogen functional groups attached to an aromatic ring is 1. The predicted octanol–water partition coefficient (Wildman–Crippen LogP) is 3.08. The molecule has 0 saturated carbocycles. The van der Waals surface area contributed by atoms with Crippen molar-refractivity contribution in [1.29, 1.82) is 5.41 Å². The molecule has 0 fully saturated rings. The van der Waals surface area contributed by atoms with Gasteiger partial charge in [-0.2, -0.15) is 0 Å². The van der Waals surface area contributed by atoms with Crippen molar-refractivity contribution in [2.45, 2.75) is 39.7 Å². The fourth-order valence-electron chi connectivity index (χ4n) is 3.63. The number of carbonyl (C=O) groups is 5. The zero-order valence-corrected chi connectivity index (χ0v) is 24.4. The lowest BCUT2D eigenvalue weighted by Crippen LogP contribution is -2.61. The standard InChI is InChI=1S/C31H35N3O9/c1-5-40-25(35)9-8-18-31(29(38)41-6-2,30(39)42-7-3)34-27(36)20(4)19-21-10-12-23(13-11-21)28(37)43-24-16-14-22(15-17-24)26(32)33/h8-17,19H,5-7,18H2,1-4H3,(H3,32,33)(H,34,36)/b9-8+,20-19+. The zero-order valence-electron chi connectivity index (χ0n) is 24.4. The van der Waals surface area contributed by atoms with Gasteiger partial charge in [-0.05, 0) is 75.7 Å². The van der Waals surface area contributed by atoms with Crippen LogP contribution in [0.3, 0.4) is 0 Å². The number of amides is 1. The highest BCUT2D eigenvalue weighted by molar-refractivity contribution is 6.11. The Hall–Kier alpha value is -5.26. The second-order valence-corrected chi connectivity index (χ2v) is 8.94. The Morgan fingerprint density at radius 1 is 0.837 bits per heavy atom. The van der Waals surface area contributed by atoms with Gasteiger partial charge in [-0.25, -0.2) is 19.2 Å². The van der Waals surface area contributed by atoms with Gasteiger partial charge in [0.25, 0.3) is 0 Å². The molecule has 228 valence electrons. The molecule has 2 aromatic carbocycles. The number of nitrogens with two attached hydrogens (primary N) is 1. The van der Waals surface area contributed by atoms with Crippen LogP contribution in [0.15, 0.2) is 66.3 Å². The maximum absolute atomic E-state index is 13.2. The molecule has 12 heteroatoms. The fourth-order valence-corrected chi connectivity index (χ4v) is 3.63. The van der Waals surface area contributed by atoms with Gasteiger partial charge in [0.15, 0.2) is 0 Å². The van der Waals surface area contributed by atoms with Crippen LogP contribution >= 0.6 is 0 Å². The number of carbonyl (C=O) groups excluding carboxylic acids is 5. The van der Waals surface area contributed by atoms with Gasteiger partial charge in [0, 0.05) is 23.6 Å². The summed E-state index contributed by atoms with van der Waals surface area (Å²) in [5.74, 6) is -4.03. The Balaban J connectivity index is 2.25. The molecule has 0 unspecified atom stereocenters.